The molecule has 5 rings (SSSR count). The first-order valence-corrected chi connectivity index (χ1v) is 13.5. The molecule has 3 atom stereocenters. The van der Waals surface area contributed by atoms with Crippen LogP contribution >= 0.6 is 0 Å². The van der Waals surface area contributed by atoms with Gasteiger partial charge in [0.2, 0.25) is 5.91 Å². The molecule has 1 N–H and O–H groups in total. The van der Waals surface area contributed by atoms with Gasteiger partial charge in [-0.25, -0.2) is 9.59 Å². The number of carbonyl (C=O) groups is 3. The maximum absolute atomic E-state index is 13.7. The molecular formula is C30H37N3O5. The minimum absolute atomic E-state index is 0.0114. The van der Waals surface area contributed by atoms with E-state index in [-0.39, 0.29) is 43.6 Å². The van der Waals surface area contributed by atoms with Gasteiger partial charge in [0.25, 0.3) is 0 Å². The van der Waals surface area contributed by atoms with E-state index in [0.29, 0.717) is 0 Å². The van der Waals surface area contributed by atoms with Crippen molar-refractivity contribution in [3.8, 4) is 0 Å². The quantitative estimate of drug-likeness (QED) is 0.647. The van der Waals surface area contributed by atoms with Gasteiger partial charge in [-0.2, -0.15) is 0 Å². The summed E-state index contributed by atoms with van der Waals surface area (Å²) < 4.78 is 11.1. The number of carbonyl (C=O) groups excluding carboxylic acids is 3. The minimum Gasteiger partial charge on any atom is -0.445 e. The molecule has 1 heterocycles. The molecule has 3 amide bonds. The highest BCUT2D eigenvalue weighted by Crippen LogP contribution is 2.55. The Balaban J connectivity index is 1.28. The maximum atomic E-state index is 13.7. The monoisotopic (exact) mass is 519 g/mol. The van der Waals surface area contributed by atoms with Gasteiger partial charge in [0, 0.05) is 24.5 Å². The van der Waals surface area contributed by atoms with Crippen LogP contribution in [0, 0.1) is 0 Å². The molecule has 2 aliphatic carbocycles. The van der Waals surface area contributed by atoms with Crippen LogP contribution < -0.4 is 5.32 Å². The van der Waals surface area contributed by atoms with Crippen molar-refractivity contribution in [2.75, 3.05) is 19.6 Å². The zero-order valence-corrected chi connectivity index (χ0v) is 22.4. The second-order valence-electron chi connectivity index (χ2n) is 11.6. The number of ether oxygens (including phenoxy) is 2. The molecule has 0 radical (unpaired) electrons. The van der Waals surface area contributed by atoms with Crippen molar-refractivity contribution >= 4 is 18.1 Å². The van der Waals surface area contributed by atoms with Crippen LogP contribution in [0.3, 0.4) is 0 Å². The summed E-state index contributed by atoms with van der Waals surface area (Å²) in [6, 6.07) is 17.1. The van der Waals surface area contributed by atoms with Gasteiger partial charge in [0.15, 0.2) is 0 Å². The Morgan fingerprint density at radius 2 is 1.74 bits per heavy atom. The second-order valence-corrected chi connectivity index (χ2v) is 11.6. The van der Waals surface area contributed by atoms with Crippen LogP contribution in [0.2, 0.25) is 0 Å². The molecule has 38 heavy (non-hydrogen) atoms. The number of amides is 3. The Labute approximate surface area is 224 Å². The highest BCUT2D eigenvalue weighted by atomic mass is 16.6. The first-order valence-electron chi connectivity index (χ1n) is 13.5. The van der Waals surface area contributed by atoms with E-state index in [1.807, 2.05) is 30.3 Å². The van der Waals surface area contributed by atoms with Crippen molar-refractivity contribution in [1.29, 1.82) is 0 Å². The Hall–Kier alpha value is -3.55. The molecule has 2 aromatic rings. The van der Waals surface area contributed by atoms with Gasteiger partial charge in [-0.05, 0) is 63.1 Å². The number of piperazine rings is 1. The van der Waals surface area contributed by atoms with E-state index < -0.39 is 23.8 Å². The van der Waals surface area contributed by atoms with E-state index in [0.717, 1.165) is 31.2 Å². The molecule has 0 bridgehead atoms. The van der Waals surface area contributed by atoms with Crippen LogP contribution in [0.25, 0.3) is 0 Å². The number of nitrogens with one attached hydrogen (secondary N) is 1. The lowest BCUT2D eigenvalue weighted by molar-refractivity contribution is -0.128. The van der Waals surface area contributed by atoms with Gasteiger partial charge in [-0.15, -0.1) is 0 Å². The second kappa shape index (κ2) is 10.3. The van der Waals surface area contributed by atoms with Crippen molar-refractivity contribution in [1.82, 2.24) is 15.1 Å². The van der Waals surface area contributed by atoms with E-state index >= 15 is 0 Å². The summed E-state index contributed by atoms with van der Waals surface area (Å²) in [5.74, 6) is -0.263. The van der Waals surface area contributed by atoms with Gasteiger partial charge in [-0.1, -0.05) is 54.6 Å². The summed E-state index contributed by atoms with van der Waals surface area (Å²) in [5, 5.41) is 3.22. The van der Waals surface area contributed by atoms with Crippen molar-refractivity contribution in [3.63, 3.8) is 0 Å². The third kappa shape index (κ3) is 5.49. The van der Waals surface area contributed by atoms with Gasteiger partial charge in [0.1, 0.15) is 18.2 Å². The Morgan fingerprint density at radius 1 is 1.00 bits per heavy atom. The van der Waals surface area contributed by atoms with Crippen LogP contribution in [0.5, 0.6) is 0 Å². The molecule has 1 aliphatic heterocycles. The Kier molecular flexibility index (Phi) is 7.07. The summed E-state index contributed by atoms with van der Waals surface area (Å²) in [7, 11) is 0. The maximum Gasteiger partial charge on any atom is 0.411 e. The highest BCUT2D eigenvalue weighted by molar-refractivity contribution is 5.87. The van der Waals surface area contributed by atoms with Gasteiger partial charge in [-0.3, -0.25) is 9.69 Å². The molecule has 8 heteroatoms. The largest absolute Gasteiger partial charge is 0.445 e. The van der Waals surface area contributed by atoms with Crippen LogP contribution in [0.15, 0.2) is 54.6 Å². The predicted molar refractivity (Wildman–Crippen MR) is 143 cm³/mol. The van der Waals surface area contributed by atoms with Crippen LogP contribution in [-0.4, -0.2) is 65.2 Å². The third-order valence-electron chi connectivity index (χ3n) is 7.79. The molecule has 202 valence electrons. The molecule has 1 saturated heterocycles. The fraction of sp³-hybridized carbons (Fsp3) is 0.500. The lowest BCUT2D eigenvalue weighted by Gasteiger charge is -2.40. The number of nitrogens with zero attached hydrogens (tertiary/aromatic N) is 2. The van der Waals surface area contributed by atoms with Crippen molar-refractivity contribution in [2.24, 2.45) is 0 Å². The lowest BCUT2D eigenvalue weighted by atomic mass is 9.79. The molecule has 3 aliphatic rings. The summed E-state index contributed by atoms with van der Waals surface area (Å²) in [6.45, 7) is 6.04. The first-order chi connectivity index (χ1) is 18.2. The van der Waals surface area contributed by atoms with Gasteiger partial charge >= 0.3 is 12.2 Å². The average Bonchev–Trinajstić information content (AvgIpc) is 3.58. The summed E-state index contributed by atoms with van der Waals surface area (Å²) in [5.41, 5.74) is 2.83. The summed E-state index contributed by atoms with van der Waals surface area (Å²) >= 11 is 0. The zero-order valence-electron chi connectivity index (χ0n) is 22.4. The molecular weight excluding hydrogens is 482 g/mol. The number of hydrogen-bond donors (Lipinski definition) is 1. The number of fused-ring (bicyclic) bond motifs is 2. The van der Waals surface area contributed by atoms with E-state index in [1.165, 1.54) is 20.9 Å². The molecule has 2 aromatic carbocycles. The third-order valence-corrected chi connectivity index (χ3v) is 7.79. The molecule has 1 spiro atoms. The van der Waals surface area contributed by atoms with E-state index in [2.05, 4.69) is 29.6 Å². The topological polar surface area (TPSA) is 88.2 Å². The summed E-state index contributed by atoms with van der Waals surface area (Å²) in [4.78, 5) is 42.6. The molecule has 0 unspecified atom stereocenters. The standard InChI is InChI=1S/C30H37N3O5/c1-29(2,3)38-28(36)33-17-16-32(27(35)37-20-21-10-5-4-6-11-21)19-24(33)26(34)31-25-18-30(25)15-9-13-22-12-7-8-14-23(22)30/h4-8,10-12,14,24-25H,9,13,15-20H2,1-3H3,(H,31,34)/t24-,25+,30+/m0/s1. The van der Waals surface area contributed by atoms with Crippen molar-refractivity contribution < 1.29 is 23.9 Å². The average molecular weight is 520 g/mol. The van der Waals surface area contributed by atoms with E-state index in [1.54, 1.807) is 20.8 Å². The normalized spacial score (nSPS) is 24.4. The van der Waals surface area contributed by atoms with Crippen LogP contribution in [0.4, 0.5) is 9.59 Å². The minimum atomic E-state index is -0.862. The Bertz CT molecular complexity index is 1190. The fourth-order valence-corrected chi connectivity index (χ4v) is 5.81. The predicted octanol–water partition coefficient (Wildman–Crippen LogP) is 4.41. The number of aryl methyl sites for hydroxylation is 1. The van der Waals surface area contributed by atoms with Crippen molar-refractivity contribution in [3.05, 3.63) is 71.3 Å². The van der Waals surface area contributed by atoms with Crippen LogP contribution in [0.1, 0.15) is 56.7 Å². The molecule has 2 fully saturated rings. The molecule has 8 nitrogen and oxygen atoms in total. The molecule has 1 saturated carbocycles. The highest BCUT2D eigenvalue weighted by Gasteiger charge is 2.58. The molecule has 0 aromatic heterocycles. The smallest absolute Gasteiger partial charge is 0.411 e. The Morgan fingerprint density at radius 3 is 2.50 bits per heavy atom. The zero-order chi connectivity index (χ0) is 26.9. The summed E-state index contributed by atoms with van der Waals surface area (Å²) in [6.07, 6.45) is 3.03. The van der Waals surface area contributed by atoms with Gasteiger partial charge in [0.05, 0.1) is 6.54 Å². The number of rotatable bonds is 4. The lowest BCUT2D eigenvalue weighted by Crippen LogP contribution is -2.62. The first kappa shape index (κ1) is 26.1. The number of benzene rings is 2. The van der Waals surface area contributed by atoms with Gasteiger partial charge < -0.3 is 19.7 Å². The van der Waals surface area contributed by atoms with E-state index in [4.69, 9.17) is 9.47 Å². The van der Waals surface area contributed by atoms with E-state index in [9.17, 15) is 14.4 Å². The SMILES string of the molecule is CC(C)(C)OC(=O)N1CCN(C(=O)OCc2ccccc2)C[C@H]1C(=O)N[C@@H]1C[C@@]12CCCc1ccccc12. The van der Waals surface area contributed by atoms with Crippen LogP contribution in [-0.2, 0) is 32.7 Å². The fourth-order valence-electron chi connectivity index (χ4n) is 5.81. The van der Waals surface area contributed by atoms with Crippen molar-refractivity contribution in [2.45, 2.75) is 76.2 Å². The number of hydrogen-bond acceptors (Lipinski definition) is 5.